The molecule has 76 valence electrons. The first-order valence-electron chi connectivity index (χ1n) is 5.11. The average molecular weight is 198 g/mol. The van der Waals surface area contributed by atoms with Gasteiger partial charge in [0.1, 0.15) is 0 Å². The Labute approximate surface area is 89.8 Å². The predicted molar refractivity (Wildman–Crippen MR) is 63.5 cm³/mol. The lowest BCUT2D eigenvalue weighted by molar-refractivity contribution is 1.13. The second-order valence-corrected chi connectivity index (χ2v) is 3.49. The fourth-order valence-electron chi connectivity index (χ4n) is 1.66. The highest BCUT2D eigenvalue weighted by molar-refractivity contribution is 5.68. The molecule has 2 nitrogen and oxygen atoms in total. The van der Waals surface area contributed by atoms with E-state index < -0.39 is 0 Å². The highest BCUT2D eigenvalue weighted by atomic mass is 14.7. The van der Waals surface area contributed by atoms with Gasteiger partial charge in [-0.3, -0.25) is 4.98 Å². The number of aryl methyl sites for hydroxylation is 1. The molecule has 2 heteroatoms. The largest absolute Gasteiger partial charge is 0.399 e. The van der Waals surface area contributed by atoms with E-state index in [0.29, 0.717) is 0 Å². The van der Waals surface area contributed by atoms with Gasteiger partial charge in [-0.15, -0.1) is 0 Å². The van der Waals surface area contributed by atoms with Crippen LogP contribution in [0.25, 0.3) is 11.3 Å². The fraction of sp³-hybridized carbons (Fsp3) is 0.154. The molecule has 0 aliphatic rings. The molecule has 2 aromatic rings. The summed E-state index contributed by atoms with van der Waals surface area (Å²) in [4.78, 5) is 4.34. The summed E-state index contributed by atoms with van der Waals surface area (Å²) >= 11 is 0. The minimum absolute atomic E-state index is 0.785. The summed E-state index contributed by atoms with van der Waals surface area (Å²) in [6.07, 6.45) is 2.80. The molecular weight excluding hydrogens is 184 g/mol. The number of nitrogens with two attached hydrogens (primary N) is 1. The second kappa shape index (κ2) is 4.13. The van der Waals surface area contributed by atoms with Crippen LogP contribution < -0.4 is 5.73 Å². The first-order chi connectivity index (χ1) is 7.31. The fourth-order valence-corrected chi connectivity index (χ4v) is 1.66. The molecule has 0 aliphatic carbocycles. The van der Waals surface area contributed by atoms with Crippen LogP contribution >= 0.6 is 0 Å². The summed E-state index contributed by atoms with van der Waals surface area (Å²) in [6.45, 7) is 2.14. The van der Waals surface area contributed by atoms with Crippen LogP contribution in [0, 0.1) is 0 Å². The molecule has 0 amide bonds. The molecule has 15 heavy (non-hydrogen) atoms. The summed E-state index contributed by atoms with van der Waals surface area (Å²) in [5.41, 5.74) is 9.98. The predicted octanol–water partition coefficient (Wildman–Crippen LogP) is 2.89. The van der Waals surface area contributed by atoms with Crippen molar-refractivity contribution in [3.05, 3.63) is 48.2 Å². The Morgan fingerprint density at radius 2 is 2.07 bits per heavy atom. The molecule has 2 N–H and O–H groups in total. The Morgan fingerprint density at radius 3 is 2.73 bits per heavy atom. The van der Waals surface area contributed by atoms with Gasteiger partial charge in [-0.1, -0.05) is 19.1 Å². The van der Waals surface area contributed by atoms with Crippen molar-refractivity contribution in [2.75, 3.05) is 5.73 Å². The Bertz CT molecular complexity index is 449. The van der Waals surface area contributed by atoms with Crippen LogP contribution in [0.1, 0.15) is 12.5 Å². The van der Waals surface area contributed by atoms with Gasteiger partial charge in [0.25, 0.3) is 0 Å². The molecule has 1 heterocycles. The third-order valence-corrected chi connectivity index (χ3v) is 2.46. The Kier molecular flexibility index (Phi) is 2.68. The zero-order valence-corrected chi connectivity index (χ0v) is 8.77. The number of aromatic nitrogens is 1. The molecule has 0 fully saturated rings. The van der Waals surface area contributed by atoms with E-state index in [1.165, 1.54) is 5.56 Å². The minimum Gasteiger partial charge on any atom is -0.399 e. The standard InChI is InChI=1S/C13H14N2/c1-2-10-6-7-11(14)9-12(10)13-5-3-4-8-15-13/h3-9H,2,14H2,1H3. The quantitative estimate of drug-likeness (QED) is 0.753. The highest BCUT2D eigenvalue weighted by Gasteiger charge is 2.04. The first kappa shape index (κ1) is 9.71. The van der Waals surface area contributed by atoms with Gasteiger partial charge in [0.15, 0.2) is 0 Å². The normalized spacial score (nSPS) is 10.2. The van der Waals surface area contributed by atoms with Gasteiger partial charge in [-0.25, -0.2) is 0 Å². The summed E-state index contributed by atoms with van der Waals surface area (Å²) in [7, 11) is 0. The van der Waals surface area contributed by atoms with Crippen molar-refractivity contribution in [3.63, 3.8) is 0 Å². The van der Waals surface area contributed by atoms with Crippen LogP contribution in [0.3, 0.4) is 0 Å². The van der Waals surface area contributed by atoms with Gasteiger partial charge in [0, 0.05) is 17.4 Å². The summed E-state index contributed by atoms with van der Waals surface area (Å²) < 4.78 is 0. The highest BCUT2D eigenvalue weighted by Crippen LogP contribution is 2.24. The summed E-state index contributed by atoms with van der Waals surface area (Å²) in [5.74, 6) is 0. The number of nitrogens with zero attached hydrogens (tertiary/aromatic N) is 1. The lowest BCUT2D eigenvalue weighted by Gasteiger charge is -2.07. The van der Waals surface area contributed by atoms with E-state index in [1.807, 2.05) is 30.3 Å². The van der Waals surface area contributed by atoms with Crippen LogP contribution in [0.5, 0.6) is 0 Å². The maximum absolute atomic E-state index is 5.79. The number of hydrogen-bond donors (Lipinski definition) is 1. The Morgan fingerprint density at radius 1 is 1.20 bits per heavy atom. The lowest BCUT2D eigenvalue weighted by atomic mass is 10.0. The van der Waals surface area contributed by atoms with Crippen molar-refractivity contribution >= 4 is 5.69 Å². The lowest BCUT2D eigenvalue weighted by Crippen LogP contribution is -1.92. The molecule has 0 atom stereocenters. The van der Waals surface area contributed by atoms with Crippen LogP contribution in [-0.2, 0) is 6.42 Å². The molecule has 0 saturated carbocycles. The maximum atomic E-state index is 5.79. The molecule has 1 aromatic carbocycles. The molecule has 0 radical (unpaired) electrons. The zero-order chi connectivity index (χ0) is 10.7. The number of anilines is 1. The number of nitrogen functional groups attached to an aromatic ring is 1. The Balaban J connectivity index is 2.56. The van der Waals surface area contributed by atoms with Crippen molar-refractivity contribution < 1.29 is 0 Å². The van der Waals surface area contributed by atoms with E-state index in [-0.39, 0.29) is 0 Å². The number of hydrogen-bond acceptors (Lipinski definition) is 2. The smallest absolute Gasteiger partial charge is 0.0705 e. The van der Waals surface area contributed by atoms with Gasteiger partial charge < -0.3 is 5.73 Å². The molecule has 0 aliphatic heterocycles. The van der Waals surface area contributed by atoms with Crippen molar-refractivity contribution in [1.29, 1.82) is 0 Å². The molecule has 0 saturated heterocycles. The maximum Gasteiger partial charge on any atom is 0.0705 e. The van der Waals surface area contributed by atoms with Gasteiger partial charge in [0.2, 0.25) is 0 Å². The molecule has 0 unspecified atom stereocenters. The topological polar surface area (TPSA) is 38.9 Å². The van der Waals surface area contributed by atoms with Crippen molar-refractivity contribution in [2.45, 2.75) is 13.3 Å². The van der Waals surface area contributed by atoms with Crippen LogP contribution in [0.2, 0.25) is 0 Å². The number of pyridine rings is 1. The molecule has 2 rings (SSSR count). The molecule has 0 bridgehead atoms. The molecule has 0 spiro atoms. The minimum atomic E-state index is 0.785. The van der Waals surface area contributed by atoms with E-state index >= 15 is 0 Å². The number of rotatable bonds is 2. The molecular formula is C13H14N2. The van der Waals surface area contributed by atoms with Gasteiger partial charge in [-0.2, -0.15) is 0 Å². The van der Waals surface area contributed by atoms with Gasteiger partial charge >= 0.3 is 0 Å². The van der Waals surface area contributed by atoms with Crippen molar-refractivity contribution in [2.24, 2.45) is 0 Å². The third kappa shape index (κ3) is 1.99. The van der Waals surface area contributed by atoms with Gasteiger partial charge in [-0.05, 0) is 36.2 Å². The van der Waals surface area contributed by atoms with Crippen molar-refractivity contribution in [1.82, 2.24) is 4.98 Å². The Hall–Kier alpha value is -1.83. The van der Waals surface area contributed by atoms with E-state index in [0.717, 1.165) is 23.4 Å². The van der Waals surface area contributed by atoms with Crippen LogP contribution in [0.4, 0.5) is 5.69 Å². The van der Waals surface area contributed by atoms with Gasteiger partial charge in [0.05, 0.1) is 5.69 Å². The third-order valence-electron chi connectivity index (χ3n) is 2.46. The average Bonchev–Trinajstić information content (AvgIpc) is 2.30. The molecule has 1 aromatic heterocycles. The van der Waals surface area contributed by atoms with E-state index in [9.17, 15) is 0 Å². The second-order valence-electron chi connectivity index (χ2n) is 3.49. The van der Waals surface area contributed by atoms with Crippen molar-refractivity contribution in [3.8, 4) is 11.3 Å². The zero-order valence-electron chi connectivity index (χ0n) is 8.77. The van der Waals surface area contributed by atoms with E-state index in [2.05, 4.69) is 18.0 Å². The first-order valence-corrected chi connectivity index (χ1v) is 5.11. The summed E-state index contributed by atoms with van der Waals surface area (Å²) in [6, 6.07) is 11.9. The van der Waals surface area contributed by atoms with E-state index in [1.54, 1.807) is 6.20 Å². The van der Waals surface area contributed by atoms with E-state index in [4.69, 9.17) is 5.73 Å². The monoisotopic (exact) mass is 198 g/mol. The van der Waals surface area contributed by atoms with Crippen LogP contribution in [0.15, 0.2) is 42.6 Å². The summed E-state index contributed by atoms with van der Waals surface area (Å²) in [5, 5.41) is 0. The number of benzene rings is 1. The SMILES string of the molecule is CCc1ccc(N)cc1-c1ccccn1. The van der Waals surface area contributed by atoms with Crippen LogP contribution in [-0.4, -0.2) is 4.98 Å².